The summed E-state index contributed by atoms with van der Waals surface area (Å²) in [4.78, 5) is 152. The number of nitrogens with zero attached hydrogens (tertiary/aromatic N) is 4. The van der Waals surface area contributed by atoms with E-state index in [2.05, 4.69) is 52.2 Å². The van der Waals surface area contributed by atoms with E-state index < -0.39 is 121 Å². The first-order valence-electron chi connectivity index (χ1n) is 28.5. The third-order valence-corrected chi connectivity index (χ3v) is 15.9. The third kappa shape index (κ3) is 24.2. The monoisotopic (exact) mass is 1190 g/mol. The van der Waals surface area contributed by atoms with Gasteiger partial charge in [-0.1, -0.05) is 25.5 Å². The van der Waals surface area contributed by atoms with Crippen molar-refractivity contribution in [2.24, 2.45) is 35.1 Å². The van der Waals surface area contributed by atoms with Gasteiger partial charge in [-0.05, 0) is 50.9 Å². The fourth-order valence-electron chi connectivity index (χ4n) is 10.0. The Morgan fingerprint density at radius 3 is 2.16 bits per heavy atom. The molecule has 0 aliphatic carbocycles. The Labute approximate surface area is 486 Å². The Hall–Kier alpha value is -6.69. The highest BCUT2D eigenvalue weighted by molar-refractivity contribution is 8.00. The number of hydrogen-bond donors (Lipinski definition) is 10. The number of primary amides is 2. The van der Waals surface area contributed by atoms with Crippen LogP contribution in [-0.2, 0) is 81.5 Å². The number of aryl methyl sites for hydroxylation is 1. The highest BCUT2D eigenvalue weighted by Crippen LogP contribution is 2.33. The van der Waals surface area contributed by atoms with Gasteiger partial charge in [0, 0.05) is 93.6 Å². The van der Waals surface area contributed by atoms with Crippen LogP contribution in [0.4, 0.5) is 4.79 Å². The Bertz CT molecular complexity index is 2500. The number of carbonyl (C=O) groups excluding carboxylic acids is 11. The number of nitrogens with two attached hydrogens (primary N) is 2. The zero-order valence-corrected chi connectivity index (χ0v) is 48.2. The van der Waals surface area contributed by atoms with Crippen LogP contribution in [0.1, 0.15) is 115 Å². The molecule has 460 valence electrons. The van der Waals surface area contributed by atoms with Crippen LogP contribution in [0.5, 0.6) is 0 Å². The summed E-state index contributed by atoms with van der Waals surface area (Å²) in [5.74, 6) is -9.71. The van der Waals surface area contributed by atoms with Crippen molar-refractivity contribution in [1.82, 2.24) is 56.9 Å². The number of rotatable bonds is 27. The summed E-state index contributed by atoms with van der Waals surface area (Å²) in [6.45, 7) is 3.11. The van der Waals surface area contributed by atoms with Crippen LogP contribution < -0.4 is 43.4 Å². The fraction of sp³-hybridized carbons (Fsp3) is 0.704. The second-order valence-corrected chi connectivity index (χ2v) is 23.0. The van der Waals surface area contributed by atoms with E-state index in [1.165, 1.54) is 17.2 Å². The van der Waals surface area contributed by atoms with E-state index in [-0.39, 0.29) is 95.0 Å². The maximum Gasteiger partial charge on any atom is 0.315 e. The molecule has 0 saturated carbocycles. The molecule has 28 nitrogen and oxygen atoms in total. The number of carbonyl (C=O) groups is 11. The van der Waals surface area contributed by atoms with Crippen molar-refractivity contribution >= 4 is 76.4 Å². The van der Waals surface area contributed by atoms with Crippen molar-refractivity contribution in [3.05, 3.63) is 30.1 Å². The summed E-state index contributed by atoms with van der Waals surface area (Å²) in [7, 11) is 0. The number of aliphatic hydroxyl groups is 1. The van der Waals surface area contributed by atoms with Crippen LogP contribution in [0.15, 0.2) is 18.7 Å². The van der Waals surface area contributed by atoms with Gasteiger partial charge >= 0.3 is 6.03 Å². The van der Waals surface area contributed by atoms with Crippen LogP contribution >= 0.6 is 11.8 Å². The van der Waals surface area contributed by atoms with Crippen molar-refractivity contribution in [2.75, 3.05) is 58.5 Å². The lowest BCUT2D eigenvalue weighted by Crippen LogP contribution is -2.50. The van der Waals surface area contributed by atoms with Crippen molar-refractivity contribution in [3.63, 3.8) is 0 Å². The van der Waals surface area contributed by atoms with Crippen LogP contribution in [0.3, 0.4) is 0 Å². The number of urea groups is 1. The molecule has 0 unspecified atom stereocenters. The minimum atomic E-state index is -1.62. The molecule has 2 bridgehead atoms. The minimum absolute atomic E-state index is 0.0474. The van der Waals surface area contributed by atoms with Crippen molar-refractivity contribution in [1.29, 1.82) is 0 Å². The lowest BCUT2D eigenvalue weighted by molar-refractivity contribution is -0.137. The van der Waals surface area contributed by atoms with Gasteiger partial charge in [-0.2, -0.15) is 11.8 Å². The van der Waals surface area contributed by atoms with Crippen LogP contribution in [-0.4, -0.2) is 189 Å². The van der Waals surface area contributed by atoms with Gasteiger partial charge in [0.05, 0.1) is 87.5 Å². The number of unbranched alkanes of at least 4 members (excludes halogenated alkanes) is 1. The SMILES string of the molecule is CC(C)C[C@H]1NC(=O)[C@@H](CC(=O)COCCOCCOCCCC(=O)CCCC[C@H]2SC[C@H]3NC(=O)N[C@H]32)Cc2cn(nn2)CCCC[C@@H](C(N)=O)NC(=O)CNC(=O)[C@@H](Cc2cnc[nH]2)CC(=O)[C@@H](CO)NC(=O)[C@@H](CC(N)=O)CC1=O. The molecule has 29 heteroatoms. The molecule has 3 aliphatic rings. The fourth-order valence-corrected chi connectivity index (χ4v) is 11.6. The first-order valence-corrected chi connectivity index (χ1v) is 29.6. The molecule has 3 aliphatic heterocycles. The van der Waals surface area contributed by atoms with Crippen molar-refractivity contribution in [3.8, 4) is 0 Å². The third-order valence-electron chi connectivity index (χ3n) is 14.4. The van der Waals surface area contributed by atoms with Gasteiger partial charge in [-0.3, -0.25) is 52.6 Å². The number of amides is 8. The highest BCUT2D eigenvalue weighted by Gasteiger charge is 2.42. The summed E-state index contributed by atoms with van der Waals surface area (Å²) in [5, 5.41) is 35.2. The molecule has 83 heavy (non-hydrogen) atoms. The summed E-state index contributed by atoms with van der Waals surface area (Å²) >= 11 is 1.86. The van der Waals surface area contributed by atoms with Gasteiger partial charge in [0.15, 0.2) is 17.3 Å². The molecule has 9 atom stereocenters. The molecule has 2 saturated heterocycles. The number of imidazole rings is 1. The Morgan fingerprint density at radius 1 is 0.771 bits per heavy atom. The highest BCUT2D eigenvalue weighted by atomic mass is 32.2. The van der Waals surface area contributed by atoms with Crippen molar-refractivity contribution < 1.29 is 72.1 Å². The van der Waals surface area contributed by atoms with Crippen LogP contribution in [0.25, 0.3) is 0 Å². The van der Waals surface area contributed by atoms with Crippen LogP contribution in [0.2, 0.25) is 0 Å². The topological polar surface area (TPSA) is 419 Å². The van der Waals surface area contributed by atoms with Gasteiger partial charge in [-0.25, -0.2) is 9.78 Å². The maximum absolute atomic E-state index is 14.3. The number of thioether (sulfide) groups is 1. The van der Waals surface area contributed by atoms with Crippen LogP contribution in [0, 0.1) is 23.7 Å². The number of aromatic nitrogens is 5. The second-order valence-electron chi connectivity index (χ2n) is 21.8. The number of aliphatic hydroxyl groups excluding tert-OH is 1. The lowest BCUT2D eigenvalue weighted by atomic mass is 9.89. The molecule has 12 N–H and O–H groups in total. The van der Waals surface area contributed by atoms with E-state index in [0.717, 1.165) is 25.0 Å². The number of ether oxygens (including phenoxy) is 3. The largest absolute Gasteiger partial charge is 0.394 e. The average Bonchev–Trinajstić information content (AvgIpc) is 4.34. The molecule has 5 rings (SSSR count). The number of ketones is 4. The van der Waals surface area contributed by atoms with Gasteiger partial charge in [0.25, 0.3) is 0 Å². The minimum Gasteiger partial charge on any atom is -0.394 e. The Morgan fingerprint density at radius 2 is 1.46 bits per heavy atom. The number of aromatic amines is 1. The lowest BCUT2D eigenvalue weighted by Gasteiger charge is -2.25. The predicted octanol–water partition coefficient (Wildman–Crippen LogP) is -1.21. The van der Waals surface area contributed by atoms with Gasteiger partial charge in [0.2, 0.25) is 35.4 Å². The van der Waals surface area contributed by atoms with Gasteiger partial charge in [-0.15, -0.1) is 5.10 Å². The summed E-state index contributed by atoms with van der Waals surface area (Å²) in [5.41, 5.74) is 11.9. The first-order chi connectivity index (χ1) is 39.8. The summed E-state index contributed by atoms with van der Waals surface area (Å²) < 4.78 is 18.3. The maximum atomic E-state index is 14.3. The zero-order chi connectivity index (χ0) is 60.3. The van der Waals surface area contributed by atoms with E-state index in [0.29, 0.717) is 61.9 Å². The molecule has 2 aromatic heterocycles. The Balaban J connectivity index is 1.17. The van der Waals surface area contributed by atoms with E-state index in [1.54, 1.807) is 20.0 Å². The molecule has 5 heterocycles. The molecule has 2 fully saturated rings. The summed E-state index contributed by atoms with van der Waals surface area (Å²) in [6, 6.07) is -3.71. The first kappa shape index (κ1) is 67.1. The summed E-state index contributed by atoms with van der Waals surface area (Å²) in [6.07, 6.45) is 7.24. The quantitative estimate of drug-likeness (QED) is 0.0371. The molecular weight excluding hydrogens is 1100 g/mol. The van der Waals surface area contributed by atoms with Gasteiger partial charge in [0.1, 0.15) is 24.5 Å². The van der Waals surface area contributed by atoms with E-state index in [4.69, 9.17) is 25.7 Å². The number of Topliss-reactive ketones (excluding diaryl/α,β-unsaturated/α-hetero) is 4. The molecule has 0 aromatic carbocycles. The van der Waals surface area contributed by atoms with E-state index in [1.807, 2.05) is 11.8 Å². The molecule has 0 radical (unpaired) electrons. The van der Waals surface area contributed by atoms with E-state index >= 15 is 0 Å². The molecule has 8 amide bonds. The number of H-pyrrole nitrogens is 1. The van der Waals surface area contributed by atoms with Crippen molar-refractivity contribution in [2.45, 2.75) is 159 Å². The number of hydrogen-bond acceptors (Lipinski definition) is 19. The molecule has 0 spiro atoms. The second kappa shape index (κ2) is 35.4. The average molecular weight is 1190 g/mol. The predicted molar refractivity (Wildman–Crippen MR) is 298 cm³/mol. The Kier molecular flexibility index (Phi) is 28.7. The molecule has 2 aromatic rings. The smallest absolute Gasteiger partial charge is 0.315 e. The standard InChI is InChI=1S/C54H83N13O15S/c1-32(2)18-41-44(71)23-35(24-47(55)73)53(78)62-42(28-68)45(72)22-34(19-36-25-57-31-59-36)51(76)58-26-48(74)60-40(50(56)75)10-5-6-12-67-27-37(65-66-67)20-33(52(77)61-41)21-39(70)29-82-17-16-81-15-14-80-13-7-9-38(69)8-3-4-11-46-49-43(30-83-46)63-54(79)64-49/h25,27,31-35,40-43,46,49,68H,3-24,26,28-30H2,1-2H3,(H2,55,73)(H2,56,75)(H,57,59)(H,58,76)(H,60,74)(H,61,77)(H,62,78)(H2,63,64,79)/t33-,34+,35-,40+,41-,42-,43-,46-,49-/m1/s1. The normalized spacial score (nSPS) is 24.6. The zero-order valence-electron chi connectivity index (χ0n) is 47.4. The van der Waals surface area contributed by atoms with E-state index in [9.17, 15) is 57.8 Å². The number of fused-ring (bicyclic) bond motifs is 3. The van der Waals surface area contributed by atoms with Gasteiger partial charge < -0.3 is 67.7 Å². The molecular formula is C54H83N13O15S. The number of nitrogens with one attached hydrogen (secondary N) is 7.